The van der Waals surface area contributed by atoms with Gasteiger partial charge in [-0.25, -0.2) is 0 Å². The molecule has 0 saturated heterocycles. The minimum Gasteiger partial charge on any atom is -0.385 e. The first-order valence-electron chi connectivity index (χ1n) is 7.08. The summed E-state index contributed by atoms with van der Waals surface area (Å²) < 4.78 is 5.02. The van der Waals surface area contributed by atoms with Crippen LogP contribution in [0.25, 0.3) is 0 Å². The maximum atomic E-state index is 12.3. The van der Waals surface area contributed by atoms with Crippen LogP contribution in [0.2, 0.25) is 0 Å². The number of nitrogens with one attached hydrogen (secondary N) is 2. The highest BCUT2D eigenvalue weighted by atomic mass is 16.5. The third-order valence-corrected chi connectivity index (χ3v) is 2.98. The summed E-state index contributed by atoms with van der Waals surface area (Å²) in [7, 11) is 1.66. The summed E-state index contributed by atoms with van der Waals surface area (Å²) >= 11 is 0. The van der Waals surface area contributed by atoms with Crippen LogP contribution in [0, 0.1) is 6.92 Å². The largest absolute Gasteiger partial charge is 0.385 e. The number of carbonyl (C=O) groups is 1. The lowest BCUT2D eigenvalue weighted by molar-refractivity contribution is 0.0930. The zero-order valence-electron chi connectivity index (χ0n) is 12.8. The number of hydrogen-bond acceptors (Lipinski definition) is 4. The fraction of sp³-hybridized carbons (Fsp3) is 0.600. The van der Waals surface area contributed by atoms with E-state index in [0.717, 1.165) is 30.8 Å². The van der Waals surface area contributed by atoms with Gasteiger partial charge < -0.3 is 15.4 Å². The highest BCUT2D eigenvalue weighted by molar-refractivity contribution is 5.99. The molecule has 1 atom stereocenters. The molecule has 2 N–H and O–H groups in total. The monoisotopic (exact) mass is 279 g/mol. The van der Waals surface area contributed by atoms with E-state index in [1.165, 1.54) is 0 Å². The second kappa shape index (κ2) is 8.53. The molecule has 20 heavy (non-hydrogen) atoms. The number of anilines is 1. The molecule has 5 heteroatoms. The van der Waals surface area contributed by atoms with Gasteiger partial charge in [0.05, 0.1) is 11.3 Å². The van der Waals surface area contributed by atoms with E-state index < -0.39 is 0 Å². The van der Waals surface area contributed by atoms with Crippen molar-refractivity contribution in [2.75, 3.05) is 25.6 Å². The summed E-state index contributed by atoms with van der Waals surface area (Å²) in [5.74, 6) is -0.0975. The topological polar surface area (TPSA) is 63.2 Å². The van der Waals surface area contributed by atoms with Gasteiger partial charge in [0.15, 0.2) is 0 Å². The number of rotatable bonds is 8. The van der Waals surface area contributed by atoms with E-state index >= 15 is 0 Å². The minimum absolute atomic E-state index is 0.0720. The van der Waals surface area contributed by atoms with E-state index in [1.807, 2.05) is 19.9 Å². The minimum atomic E-state index is -0.0975. The van der Waals surface area contributed by atoms with Gasteiger partial charge >= 0.3 is 0 Å². The Kier molecular flexibility index (Phi) is 7.01. The van der Waals surface area contributed by atoms with Gasteiger partial charge in [0, 0.05) is 38.2 Å². The van der Waals surface area contributed by atoms with Crippen LogP contribution < -0.4 is 10.6 Å². The van der Waals surface area contributed by atoms with Gasteiger partial charge in [-0.2, -0.15) is 0 Å². The Labute approximate surface area is 121 Å². The van der Waals surface area contributed by atoms with Crippen molar-refractivity contribution in [3.05, 3.63) is 23.5 Å². The maximum absolute atomic E-state index is 12.3. The number of aromatic nitrogens is 1. The van der Waals surface area contributed by atoms with E-state index in [4.69, 9.17) is 4.74 Å². The van der Waals surface area contributed by atoms with Crippen molar-refractivity contribution in [3.8, 4) is 0 Å². The van der Waals surface area contributed by atoms with Crippen molar-refractivity contribution in [1.29, 1.82) is 0 Å². The molecule has 0 bridgehead atoms. The third kappa shape index (κ3) is 5.17. The standard InChI is InChI=1S/C15H25N3O2/c1-5-7-16-14-9-12(3)17-10-13(14)15(19)18-11(2)6-8-20-4/h9-11H,5-8H2,1-4H3,(H,16,17)(H,18,19). The Morgan fingerprint density at radius 2 is 2.25 bits per heavy atom. The van der Waals surface area contributed by atoms with Crippen LogP contribution in [-0.4, -0.2) is 37.2 Å². The van der Waals surface area contributed by atoms with Gasteiger partial charge in [0.2, 0.25) is 0 Å². The highest BCUT2D eigenvalue weighted by Gasteiger charge is 2.14. The van der Waals surface area contributed by atoms with Crippen LogP contribution in [0.15, 0.2) is 12.3 Å². The summed E-state index contributed by atoms with van der Waals surface area (Å²) in [6.07, 6.45) is 3.43. The predicted octanol–water partition coefficient (Wildman–Crippen LogP) is 2.37. The molecule has 0 saturated carbocycles. The summed E-state index contributed by atoms with van der Waals surface area (Å²) in [5, 5.41) is 6.24. The van der Waals surface area contributed by atoms with Crippen molar-refractivity contribution >= 4 is 11.6 Å². The molecule has 0 fully saturated rings. The number of hydrogen-bond donors (Lipinski definition) is 2. The summed E-state index contributed by atoms with van der Waals surface area (Å²) in [6.45, 7) is 7.45. The number of carbonyl (C=O) groups excluding carboxylic acids is 1. The zero-order valence-corrected chi connectivity index (χ0v) is 12.8. The molecule has 0 aliphatic heterocycles. The molecule has 0 aliphatic carbocycles. The smallest absolute Gasteiger partial charge is 0.255 e. The number of amides is 1. The van der Waals surface area contributed by atoms with Gasteiger partial charge in [0.25, 0.3) is 5.91 Å². The van der Waals surface area contributed by atoms with Crippen molar-refractivity contribution in [3.63, 3.8) is 0 Å². The van der Waals surface area contributed by atoms with E-state index in [0.29, 0.717) is 12.2 Å². The Morgan fingerprint density at radius 3 is 2.90 bits per heavy atom. The van der Waals surface area contributed by atoms with Gasteiger partial charge in [-0.15, -0.1) is 0 Å². The van der Waals surface area contributed by atoms with Crippen LogP contribution in [-0.2, 0) is 4.74 Å². The second-order valence-corrected chi connectivity index (χ2v) is 4.95. The molecule has 1 unspecified atom stereocenters. The summed E-state index contributed by atoms with van der Waals surface area (Å²) in [6, 6.07) is 1.98. The number of methoxy groups -OCH3 is 1. The van der Waals surface area contributed by atoms with Crippen molar-refractivity contribution in [2.24, 2.45) is 0 Å². The third-order valence-electron chi connectivity index (χ3n) is 2.98. The summed E-state index contributed by atoms with van der Waals surface area (Å²) in [4.78, 5) is 16.5. The number of pyridine rings is 1. The van der Waals surface area contributed by atoms with Crippen LogP contribution >= 0.6 is 0 Å². The molecule has 1 rings (SSSR count). The molecular weight excluding hydrogens is 254 g/mol. The molecule has 1 amide bonds. The number of ether oxygens (including phenoxy) is 1. The van der Waals surface area contributed by atoms with Gasteiger partial charge in [-0.1, -0.05) is 6.92 Å². The molecule has 1 heterocycles. The molecule has 1 aromatic rings. The molecule has 5 nitrogen and oxygen atoms in total. The van der Waals surface area contributed by atoms with E-state index in [1.54, 1.807) is 13.3 Å². The number of nitrogens with zero attached hydrogens (tertiary/aromatic N) is 1. The van der Waals surface area contributed by atoms with E-state index in [2.05, 4.69) is 22.5 Å². The Bertz CT molecular complexity index is 435. The average Bonchev–Trinajstić information content (AvgIpc) is 2.42. The fourth-order valence-electron chi connectivity index (χ4n) is 1.82. The Hall–Kier alpha value is -1.62. The van der Waals surface area contributed by atoms with Gasteiger partial charge in [-0.05, 0) is 32.8 Å². The first-order chi connectivity index (χ1) is 9.58. The fourth-order valence-corrected chi connectivity index (χ4v) is 1.82. The molecule has 0 spiro atoms. The van der Waals surface area contributed by atoms with Crippen LogP contribution in [0.1, 0.15) is 42.7 Å². The molecule has 1 aromatic heterocycles. The van der Waals surface area contributed by atoms with Crippen molar-refractivity contribution < 1.29 is 9.53 Å². The normalized spacial score (nSPS) is 12.0. The Morgan fingerprint density at radius 1 is 1.50 bits per heavy atom. The van der Waals surface area contributed by atoms with E-state index in [9.17, 15) is 4.79 Å². The first-order valence-corrected chi connectivity index (χ1v) is 7.08. The lowest BCUT2D eigenvalue weighted by Crippen LogP contribution is -2.34. The van der Waals surface area contributed by atoms with Gasteiger partial charge in [0.1, 0.15) is 0 Å². The van der Waals surface area contributed by atoms with Crippen molar-refractivity contribution in [1.82, 2.24) is 10.3 Å². The Balaban J connectivity index is 2.75. The van der Waals surface area contributed by atoms with E-state index in [-0.39, 0.29) is 11.9 Å². The molecule has 112 valence electrons. The number of aryl methyl sites for hydroxylation is 1. The van der Waals surface area contributed by atoms with Gasteiger partial charge in [-0.3, -0.25) is 9.78 Å². The predicted molar refractivity (Wildman–Crippen MR) is 81.2 cm³/mol. The quantitative estimate of drug-likeness (QED) is 0.767. The lowest BCUT2D eigenvalue weighted by atomic mass is 10.1. The molecule has 0 radical (unpaired) electrons. The zero-order chi connectivity index (χ0) is 15.0. The van der Waals surface area contributed by atoms with Crippen LogP contribution in [0.4, 0.5) is 5.69 Å². The van der Waals surface area contributed by atoms with Crippen molar-refractivity contribution in [2.45, 2.75) is 39.7 Å². The first kappa shape index (κ1) is 16.4. The summed E-state index contributed by atoms with van der Waals surface area (Å²) in [5.41, 5.74) is 2.33. The molecular formula is C15H25N3O2. The molecule has 0 aliphatic rings. The second-order valence-electron chi connectivity index (χ2n) is 4.95. The average molecular weight is 279 g/mol. The van der Waals surface area contributed by atoms with Crippen LogP contribution in [0.3, 0.4) is 0 Å². The lowest BCUT2D eigenvalue weighted by Gasteiger charge is -2.16. The molecule has 0 aromatic carbocycles. The SMILES string of the molecule is CCCNc1cc(C)ncc1C(=O)NC(C)CCOC. The highest BCUT2D eigenvalue weighted by Crippen LogP contribution is 2.16. The van der Waals surface area contributed by atoms with Crippen LogP contribution in [0.5, 0.6) is 0 Å². The maximum Gasteiger partial charge on any atom is 0.255 e.